The lowest BCUT2D eigenvalue weighted by Crippen LogP contribution is -2.11. The fraction of sp³-hybridized carbons (Fsp3) is 0. The Morgan fingerprint density at radius 2 is 0.849 bits per heavy atom. The Morgan fingerprint density at radius 3 is 1.64 bits per heavy atom. The molecule has 0 saturated heterocycles. The van der Waals surface area contributed by atoms with Gasteiger partial charge in [0.05, 0.1) is 5.69 Å². The molecule has 0 heterocycles. The summed E-state index contributed by atoms with van der Waals surface area (Å²) in [5.41, 5.74) is 10.6. The quantitative estimate of drug-likeness (QED) is 0.159. The lowest BCUT2D eigenvalue weighted by Gasteiger charge is -2.28. The van der Waals surface area contributed by atoms with Crippen molar-refractivity contribution in [2.24, 2.45) is 0 Å². The van der Waals surface area contributed by atoms with Crippen molar-refractivity contribution in [2.75, 3.05) is 4.90 Å². The standard InChI is InChI=1S/C52H35N/c1-2-14-38(15-3-1)46-31-32-52(50-24-11-10-22-48(46)50)53(43-29-27-37(28-30-43)40-26-25-36-13-4-5-16-39(36)33-40)44-19-12-18-41(34-44)51-35-42-17-6-7-20-45(42)47-21-8-9-23-49(47)51/h1-35H. The molecule has 0 bridgehead atoms. The number of nitrogens with zero attached hydrogens (tertiary/aromatic N) is 1. The van der Waals surface area contributed by atoms with Crippen molar-refractivity contribution >= 4 is 60.2 Å². The highest BCUT2D eigenvalue weighted by molar-refractivity contribution is 6.14. The van der Waals surface area contributed by atoms with Crippen LogP contribution in [0, 0.1) is 0 Å². The first kappa shape index (κ1) is 30.8. The monoisotopic (exact) mass is 673 g/mol. The van der Waals surface area contributed by atoms with Crippen LogP contribution in [0.1, 0.15) is 0 Å². The molecule has 53 heavy (non-hydrogen) atoms. The molecule has 0 saturated carbocycles. The van der Waals surface area contributed by atoms with Crippen LogP contribution in [0.25, 0.3) is 76.5 Å². The summed E-state index contributed by atoms with van der Waals surface area (Å²) in [6.45, 7) is 0. The van der Waals surface area contributed by atoms with E-state index in [9.17, 15) is 0 Å². The molecular weight excluding hydrogens is 639 g/mol. The summed E-state index contributed by atoms with van der Waals surface area (Å²) in [5.74, 6) is 0. The Balaban J connectivity index is 1.16. The normalized spacial score (nSPS) is 11.4. The van der Waals surface area contributed by atoms with Crippen LogP contribution >= 0.6 is 0 Å². The molecule has 0 aliphatic rings. The van der Waals surface area contributed by atoms with Crippen molar-refractivity contribution in [3.05, 3.63) is 212 Å². The molecule has 10 rings (SSSR count). The van der Waals surface area contributed by atoms with E-state index in [2.05, 4.69) is 217 Å². The molecule has 0 aromatic heterocycles. The highest BCUT2D eigenvalue weighted by Gasteiger charge is 2.19. The van der Waals surface area contributed by atoms with Gasteiger partial charge < -0.3 is 4.90 Å². The molecule has 0 spiro atoms. The Bertz CT molecular complexity index is 2940. The van der Waals surface area contributed by atoms with Crippen molar-refractivity contribution in [1.29, 1.82) is 0 Å². The lowest BCUT2D eigenvalue weighted by molar-refractivity contribution is 1.30. The van der Waals surface area contributed by atoms with Gasteiger partial charge in [-0.3, -0.25) is 0 Å². The molecular formula is C52H35N. The SMILES string of the molecule is c1ccc(-c2ccc(N(c3ccc(-c4ccc5ccccc5c4)cc3)c3cccc(-c4cc5ccccc5c5ccccc45)c3)c3ccccc23)cc1. The van der Waals surface area contributed by atoms with E-state index < -0.39 is 0 Å². The van der Waals surface area contributed by atoms with E-state index in [0.29, 0.717) is 0 Å². The van der Waals surface area contributed by atoms with Crippen molar-refractivity contribution in [1.82, 2.24) is 0 Å². The smallest absolute Gasteiger partial charge is 0.0540 e. The summed E-state index contributed by atoms with van der Waals surface area (Å²) >= 11 is 0. The van der Waals surface area contributed by atoms with Gasteiger partial charge >= 0.3 is 0 Å². The third kappa shape index (κ3) is 5.51. The first-order valence-electron chi connectivity index (χ1n) is 18.3. The molecule has 0 aliphatic carbocycles. The maximum Gasteiger partial charge on any atom is 0.0540 e. The van der Waals surface area contributed by atoms with Crippen LogP contribution < -0.4 is 4.90 Å². The van der Waals surface area contributed by atoms with E-state index in [1.165, 1.54) is 76.5 Å². The summed E-state index contributed by atoms with van der Waals surface area (Å²) in [6, 6.07) is 77.3. The van der Waals surface area contributed by atoms with E-state index in [1.54, 1.807) is 0 Å². The van der Waals surface area contributed by atoms with Gasteiger partial charge in [0.15, 0.2) is 0 Å². The maximum atomic E-state index is 2.42. The van der Waals surface area contributed by atoms with Gasteiger partial charge in [0, 0.05) is 16.8 Å². The van der Waals surface area contributed by atoms with Crippen molar-refractivity contribution in [2.45, 2.75) is 0 Å². The van der Waals surface area contributed by atoms with Crippen LogP contribution in [0.2, 0.25) is 0 Å². The largest absolute Gasteiger partial charge is 0.310 e. The average molecular weight is 674 g/mol. The second-order valence-electron chi connectivity index (χ2n) is 13.7. The minimum atomic E-state index is 1.10. The summed E-state index contributed by atoms with van der Waals surface area (Å²) in [6.07, 6.45) is 0. The molecule has 0 N–H and O–H groups in total. The first-order valence-corrected chi connectivity index (χ1v) is 18.3. The van der Waals surface area contributed by atoms with Crippen molar-refractivity contribution in [3.8, 4) is 33.4 Å². The number of hydrogen-bond acceptors (Lipinski definition) is 1. The van der Waals surface area contributed by atoms with Crippen molar-refractivity contribution < 1.29 is 0 Å². The molecule has 0 fully saturated rings. The van der Waals surface area contributed by atoms with E-state index >= 15 is 0 Å². The molecule has 0 atom stereocenters. The fourth-order valence-electron chi connectivity index (χ4n) is 8.05. The van der Waals surface area contributed by atoms with Gasteiger partial charge in [-0.2, -0.15) is 0 Å². The van der Waals surface area contributed by atoms with Gasteiger partial charge in [-0.25, -0.2) is 0 Å². The predicted molar refractivity (Wildman–Crippen MR) is 227 cm³/mol. The van der Waals surface area contributed by atoms with Gasteiger partial charge in [-0.1, -0.05) is 170 Å². The molecule has 1 heteroatoms. The van der Waals surface area contributed by atoms with Gasteiger partial charge in [0.25, 0.3) is 0 Å². The van der Waals surface area contributed by atoms with E-state index in [1.807, 2.05) is 0 Å². The molecule has 0 amide bonds. The zero-order valence-electron chi connectivity index (χ0n) is 29.2. The number of anilines is 3. The second kappa shape index (κ2) is 13.0. The lowest BCUT2D eigenvalue weighted by atomic mass is 9.93. The average Bonchev–Trinajstić information content (AvgIpc) is 3.24. The second-order valence-corrected chi connectivity index (χ2v) is 13.7. The molecule has 10 aromatic rings. The minimum Gasteiger partial charge on any atom is -0.310 e. The highest BCUT2D eigenvalue weighted by Crippen LogP contribution is 2.44. The van der Waals surface area contributed by atoms with E-state index in [0.717, 1.165) is 17.1 Å². The minimum absolute atomic E-state index is 1.10. The summed E-state index contributed by atoms with van der Waals surface area (Å²) in [5, 5.41) is 9.99. The van der Waals surface area contributed by atoms with Gasteiger partial charge in [-0.05, 0) is 114 Å². The first-order chi connectivity index (χ1) is 26.3. The number of hydrogen-bond donors (Lipinski definition) is 0. The van der Waals surface area contributed by atoms with Crippen LogP contribution in [0.4, 0.5) is 17.1 Å². The zero-order chi connectivity index (χ0) is 35.1. The number of rotatable bonds is 6. The maximum absolute atomic E-state index is 2.42. The molecule has 1 nitrogen and oxygen atoms in total. The highest BCUT2D eigenvalue weighted by atomic mass is 15.1. The van der Waals surface area contributed by atoms with Gasteiger partial charge in [-0.15, -0.1) is 0 Å². The molecule has 0 unspecified atom stereocenters. The van der Waals surface area contributed by atoms with E-state index in [-0.39, 0.29) is 0 Å². The van der Waals surface area contributed by atoms with Gasteiger partial charge in [0.2, 0.25) is 0 Å². The van der Waals surface area contributed by atoms with Gasteiger partial charge in [0.1, 0.15) is 0 Å². The number of fused-ring (bicyclic) bond motifs is 5. The third-order valence-corrected chi connectivity index (χ3v) is 10.6. The molecule has 248 valence electrons. The Morgan fingerprint density at radius 1 is 0.245 bits per heavy atom. The Labute approximate surface area is 309 Å². The molecule has 0 aliphatic heterocycles. The van der Waals surface area contributed by atoms with Crippen LogP contribution in [0.15, 0.2) is 212 Å². The summed E-state index contributed by atoms with van der Waals surface area (Å²) in [4.78, 5) is 2.42. The van der Waals surface area contributed by atoms with Crippen LogP contribution in [0.5, 0.6) is 0 Å². The van der Waals surface area contributed by atoms with Crippen LogP contribution in [-0.2, 0) is 0 Å². The summed E-state index contributed by atoms with van der Waals surface area (Å²) < 4.78 is 0. The molecule has 0 radical (unpaired) electrons. The topological polar surface area (TPSA) is 3.24 Å². The zero-order valence-corrected chi connectivity index (χ0v) is 29.2. The van der Waals surface area contributed by atoms with Crippen LogP contribution in [0.3, 0.4) is 0 Å². The van der Waals surface area contributed by atoms with Crippen LogP contribution in [-0.4, -0.2) is 0 Å². The predicted octanol–water partition coefficient (Wildman–Crippen LogP) is 14.8. The van der Waals surface area contributed by atoms with E-state index in [4.69, 9.17) is 0 Å². The molecule has 10 aromatic carbocycles. The summed E-state index contributed by atoms with van der Waals surface area (Å²) in [7, 11) is 0. The number of benzene rings is 10. The van der Waals surface area contributed by atoms with Crippen molar-refractivity contribution in [3.63, 3.8) is 0 Å². The fourth-order valence-corrected chi connectivity index (χ4v) is 8.05. The Hall–Kier alpha value is -6.96. The Kier molecular flexibility index (Phi) is 7.55. The third-order valence-electron chi connectivity index (χ3n) is 10.6.